The van der Waals surface area contributed by atoms with Gasteiger partial charge in [-0.2, -0.15) is 0 Å². The molecule has 0 aliphatic carbocycles. The Morgan fingerprint density at radius 3 is 2.25 bits per heavy atom. The van der Waals surface area contributed by atoms with Gasteiger partial charge in [0, 0.05) is 12.6 Å². The molecule has 0 spiro atoms. The quantitative estimate of drug-likeness (QED) is 0.559. The molecular weight excluding hydrogens is 298 g/mol. The molecule has 4 heteroatoms. The third-order valence-corrected chi connectivity index (χ3v) is 4.39. The van der Waals surface area contributed by atoms with Crippen LogP contribution in [0.25, 0.3) is 0 Å². The summed E-state index contributed by atoms with van der Waals surface area (Å²) in [6.07, 6.45) is 2.25. The number of hydrogen-bond donors (Lipinski definition) is 1. The average molecular weight is 336 g/mol. The molecule has 0 heterocycles. The van der Waals surface area contributed by atoms with Crippen LogP contribution in [0, 0.1) is 0 Å². The molecule has 0 radical (unpaired) electrons. The summed E-state index contributed by atoms with van der Waals surface area (Å²) in [5.74, 6) is 0.970. The summed E-state index contributed by atoms with van der Waals surface area (Å²) in [5, 5.41) is 3.58. The predicted molar refractivity (Wildman–Crippen MR) is 104 cm³/mol. The summed E-state index contributed by atoms with van der Waals surface area (Å²) in [5.41, 5.74) is 1.32. The van der Waals surface area contributed by atoms with E-state index in [1.165, 1.54) is 12.0 Å². The summed E-state index contributed by atoms with van der Waals surface area (Å²) < 4.78 is 5.85. The molecule has 1 atom stereocenters. The van der Waals surface area contributed by atoms with Gasteiger partial charge in [0.15, 0.2) is 0 Å². The first-order valence-electron chi connectivity index (χ1n) is 9.40. The van der Waals surface area contributed by atoms with E-state index in [9.17, 15) is 0 Å². The number of nitrogens with zero attached hydrogens (tertiary/aromatic N) is 2. The highest BCUT2D eigenvalue weighted by Crippen LogP contribution is 2.17. The largest absolute Gasteiger partial charge is 0.494 e. The number of rotatable bonds is 13. The lowest BCUT2D eigenvalue weighted by Gasteiger charge is -2.18. The minimum atomic E-state index is 0.379. The molecule has 0 fully saturated rings. The van der Waals surface area contributed by atoms with Gasteiger partial charge in [-0.05, 0) is 77.7 Å². The van der Waals surface area contributed by atoms with Crippen LogP contribution < -0.4 is 10.1 Å². The van der Waals surface area contributed by atoms with Gasteiger partial charge in [0.2, 0.25) is 0 Å². The van der Waals surface area contributed by atoms with Crippen molar-refractivity contribution in [2.45, 2.75) is 39.7 Å². The number of hydrogen-bond acceptors (Lipinski definition) is 4. The zero-order valence-corrected chi connectivity index (χ0v) is 16.3. The molecule has 0 saturated heterocycles. The van der Waals surface area contributed by atoms with Gasteiger partial charge in [0.25, 0.3) is 0 Å². The van der Waals surface area contributed by atoms with Gasteiger partial charge in [-0.25, -0.2) is 0 Å². The Morgan fingerprint density at radius 1 is 1.00 bits per heavy atom. The lowest BCUT2D eigenvalue weighted by atomic mass is 10.1. The van der Waals surface area contributed by atoms with Crippen molar-refractivity contribution in [3.63, 3.8) is 0 Å². The first-order valence-corrected chi connectivity index (χ1v) is 9.40. The Morgan fingerprint density at radius 2 is 1.67 bits per heavy atom. The van der Waals surface area contributed by atoms with Crippen molar-refractivity contribution in [1.29, 1.82) is 0 Å². The standard InChI is InChI=1S/C20H37N3O/c1-6-23(7-2)16-9-17-24-20-12-10-19(11-13-20)18(3)21-14-8-15-22(4)5/h10-13,18,21H,6-9,14-17H2,1-5H3. The van der Waals surface area contributed by atoms with Gasteiger partial charge >= 0.3 is 0 Å². The van der Waals surface area contributed by atoms with Crippen molar-refractivity contribution >= 4 is 0 Å². The van der Waals surface area contributed by atoms with Crippen LogP contribution >= 0.6 is 0 Å². The SMILES string of the molecule is CCN(CC)CCCOc1ccc(C(C)NCCCN(C)C)cc1. The van der Waals surface area contributed by atoms with Crippen LogP contribution in [-0.2, 0) is 0 Å². The Kier molecular flexibility index (Phi) is 10.7. The highest BCUT2D eigenvalue weighted by molar-refractivity contribution is 5.28. The summed E-state index contributed by atoms with van der Waals surface area (Å²) in [6.45, 7) is 12.9. The van der Waals surface area contributed by atoms with Crippen molar-refractivity contribution in [2.24, 2.45) is 0 Å². The van der Waals surface area contributed by atoms with Crippen molar-refractivity contribution in [2.75, 3.05) is 53.4 Å². The second-order valence-corrected chi connectivity index (χ2v) is 6.63. The van der Waals surface area contributed by atoms with Gasteiger partial charge < -0.3 is 19.9 Å². The maximum absolute atomic E-state index is 5.85. The van der Waals surface area contributed by atoms with Crippen molar-refractivity contribution < 1.29 is 4.74 Å². The predicted octanol–water partition coefficient (Wildman–Crippen LogP) is 3.40. The topological polar surface area (TPSA) is 27.7 Å². The van der Waals surface area contributed by atoms with Gasteiger partial charge in [-0.1, -0.05) is 26.0 Å². The molecular formula is C20H37N3O. The maximum atomic E-state index is 5.85. The van der Waals surface area contributed by atoms with E-state index in [2.05, 4.69) is 74.2 Å². The van der Waals surface area contributed by atoms with Crippen LogP contribution in [0.2, 0.25) is 0 Å². The van der Waals surface area contributed by atoms with Crippen LogP contribution in [0.1, 0.15) is 45.2 Å². The minimum absolute atomic E-state index is 0.379. The van der Waals surface area contributed by atoms with Crippen LogP contribution in [0.5, 0.6) is 5.75 Å². The lowest BCUT2D eigenvalue weighted by molar-refractivity contribution is 0.249. The van der Waals surface area contributed by atoms with Crippen LogP contribution in [0.4, 0.5) is 0 Å². The number of benzene rings is 1. The Bertz CT molecular complexity index is 415. The van der Waals surface area contributed by atoms with Crippen molar-refractivity contribution in [3.8, 4) is 5.75 Å². The molecule has 1 aromatic rings. The highest BCUT2D eigenvalue weighted by Gasteiger charge is 2.05. The Labute approximate surface area is 149 Å². The average Bonchev–Trinajstić information content (AvgIpc) is 2.59. The fraction of sp³-hybridized carbons (Fsp3) is 0.700. The van der Waals surface area contributed by atoms with E-state index in [1.807, 2.05) is 0 Å². The first-order chi connectivity index (χ1) is 11.6. The van der Waals surface area contributed by atoms with Crippen LogP contribution in [0.15, 0.2) is 24.3 Å². The summed E-state index contributed by atoms with van der Waals surface area (Å²) >= 11 is 0. The smallest absolute Gasteiger partial charge is 0.119 e. The minimum Gasteiger partial charge on any atom is -0.494 e. The molecule has 0 aliphatic rings. The van der Waals surface area contributed by atoms with Crippen molar-refractivity contribution in [1.82, 2.24) is 15.1 Å². The molecule has 1 aromatic carbocycles. The zero-order chi connectivity index (χ0) is 17.8. The molecule has 24 heavy (non-hydrogen) atoms. The zero-order valence-electron chi connectivity index (χ0n) is 16.3. The van der Waals surface area contributed by atoms with Crippen LogP contribution in [-0.4, -0.2) is 63.2 Å². The number of ether oxygens (including phenoxy) is 1. The Balaban J connectivity index is 2.26. The fourth-order valence-electron chi connectivity index (χ4n) is 2.70. The van der Waals surface area contributed by atoms with Gasteiger partial charge in [-0.15, -0.1) is 0 Å². The van der Waals surface area contributed by atoms with E-state index in [0.717, 1.165) is 51.5 Å². The Hall–Kier alpha value is -1.10. The molecule has 0 aliphatic heterocycles. The van der Waals surface area contributed by atoms with E-state index in [1.54, 1.807) is 0 Å². The molecule has 1 N–H and O–H groups in total. The summed E-state index contributed by atoms with van der Waals surface area (Å²) in [6, 6.07) is 8.89. The van der Waals surface area contributed by atoms with Gasteiger partial charge in [0.1, 0.15) is 5.75 Å². The normalized spacial score (nSPS) is 12.8. The van der Waals surface area contributed by atoms with Crippen molar-refractivity contribution in [3.05, 3.63) is 29.8 Å². The summed E-state index contributed by atoms with van der Waals surface area (Å²) in [4.78, 5) is 4.65. The maximum Gasteiger partial charge on any atom is 0.119 e. The third-order valence-electron chi connectivity index (χ3n) is 4.39. The molecule has 0 bridgehead atoms. The molecule has 0 aromatic heterocycles. The third kappa shape index (κ3) is 8.67. The monoisotopic (exact) mass is 335 g/mol. The molecule has 1 rings (SSSR count). The lowest BCUT2D eigenvalue weighted by Crippen LogP contribution is -2.25. The van der Waals surface area contributed by atoms with E-state index in [-0.39, 0.29) is 0 Å². The van der Waals surface area contributed by atoms with Crippen LogP contribution in [0.3, 0.4) is 0 Å². The van der Waals surface area contributed by atoms with E-state index >= 15 is 0 Å². The van der Waals surface area contributed by atoms with E-state index in [0.29, 0.717) is 6.04 Å². The summed E-state index contributed by atoms with van der Waals surface area (Å²) in [7, 11) is 4.23. The molecule has 4 nitrogen and oxygen atoms in total. The second-order valence-electron chi connectivity index (χ2n) is 6.63. The molecule has 138 valence electrons. The number of nitrogens with one attached hydrogen (secondary N) is 1. The molecule has 0 amide bonds. The molecule has 1 unspecified atom stereocenters. The molecule has 0 saturated carbocycles. The van der Waals surface area contributed by atoms with E-state index < -0.39 is 0 Å². The first kappa shape index (κ1) is 20.9. The van der Waals surface area contributed by atoms with E-state index in [4.69, 9.17) is 4.74 Å². The fourth-order valence-corrected chi connectivity index (χ4v) is 2.70. The van der Waals surface area contributed by atoms with Gasteiger partial charge in [-0.3, -0.25) is 0 Å². The van der Waals surface area contributed by atoms with Gasteiger partial charge in [0.05, 0.1) is 6.61 Å². The second kappa shape index (κ2) is 12.3. The highest BCUT2D eigenvalue weighted by atomic mass is 16.5.